The summed E-state index contributed by atoms with van der Waals surface area (Å²) in [5, 5.41) is 0. The van der Waals surface area contributed by atoms with Gasteiger partial charge in [0.2, 0.25) is 0 Å². The summed E-state index contributed by atoms with van der Waals surface area (Å²) < 4.78 is 2.24. The molecule has 1 aliphatic heterocycles. The van der Waals surface area contributed by atoms with E-state index in [0.29, 0.717) is 0 Å². The molecule has 0 aliphatic carbocycles. The summed E-state index contributed by atoms with van der Waals surface area (Å²) in [5.41, 5.74) is 6.00. The van der Waals surface area contributed by atoms with E-state index in [0.717, 1.165) is 39.1 Å². The lowest BCUT2D eigenvalue weighted by Gasteiger charge is -2.31. The quantitative estimate of drug-likeness (QED) is 0.829. The molecule has 0 bridgehead atoms. The highest BCUT2D eigenvalue weighted by molar-refractivity contribution is 4.95. The lowest BCUT2D eigenvalue weighted by molar-refractivity contribution is 0.183. The van der Waals surface area contributed by atoms with Crippen molar-refractivity contribution < 1.29 is 0 Å². The molecule has 0 spiro atoms. The van der Waals surface area contributed by atoms with Crippen LogP contribution in [0.1, 0.15) is 26.1 Å². The molecule has 4 heteroatoms. The molecule has 1 aromatic rings. The van der Waals surface area contributed by atoms with Crippen LogP contribution in [0.3, 0.4) is 0 Å². The molecule has 2 N–H and O–H groups in total. The minimum absolute atomic E-state index is 0.257. The Morgan fingerprint density at radius 3 is 3.00 bits per heavy atom. The number of nitrogens with zero attached hydrogens (tertiary/aromatic N) is 3. The van der Waals surface area contributed by atoms with Crippen LogP contribution in [-0.2, 0) is 13.1 Å². The smallest absolute Gasteiger partial charge is 0.122 e. The van der Waals surface area contributed by atoms with Crippen LogP contribution in [-0.4, -0.2) is 34.1 Å². The number of hydrogen-bond acceptors (Lipinski definition) is 3. The molecule has 2 rings (SSSR count). The number of imidazole rings is 1. The van der Waals surface area contributed by atoms with Gasteiger partial charge in [0.05, 0.1) is 6.54 Å². The van der Waals surface area contributed by atoms with Crippen molar-refractivity contribution in [3.63, 3.8) is 0 Å². The number of hydrogen-bond donors (Lipinski definition) is 1. The molecule has 0 aromatic carbocycles. The van der Waals surface area contributed by atoms with Crippen LogP contribution < -0.4 is 5.73 Å². The lowest BCUT2D eigenvalue weighted by Crippen LogP contribution is -2.37. The second-order valence-electron chi connectivity index (χ2n) is 5.43. The van der Waals surface area contributed by atoms with E-state index in [1.807, 2.05) is 6.20 Å². The lowest BCUT2D eigenvalue weighted by atomic mass is 9.89. The van der Waals surface area contributed by atoms with Crippen molar-refractivity contribution in [1.82, 2.24) is 14.5 Å². The summed E-state index contributed by atoms with van der Waals surface area (Å²) in [4.78, 5) is 6.84. The van der Waals surface area contributed by atoms with Gasteiger partial charge in [-0.15, -0.1) is 0 Å². The molecule has 0 atom stereocenters. The SMILES string of the molecule is CC(C)(CN)CCN1CCn2ccnc2C1. The average Bonchev–Trinajstić information content (AvgIpc) is 2.73. The number of rotatable bonds is 4. The van der Waals surface area contributed by atoms with Gasteiger partial charge >= 0.3 is 0 Å². The van der Waals surface area contributed by atoms with Crippen molar-refractivity contribution in [2.45, 2.75) is 33.4 Å². The monoisotopic (exact) mass is 222 g/mol. The standard InChI is InChI=1S/C12H22N4/c1-12(2,10-13)3-5-15-7-8-16-6-4-14-11(16)9-15/h4,6H,3,5,7-10,13H2,1-2H3. The molecule has 16 heavy (non-hydrogen) atoms. The van der Waals surface area contributed by atoms with Gasteiger partial charge in [0.25, 0.3) is 0 Å². The number of aromatic nitrogens is 2. The van der Waals surface area contributed by atoms with E-state index >= 15 is 0 Å². The highest BCUT2D eigenvalue weighted by atomic mass is 15.2. The summed E-state index contributed by atoms with van der Waals surface area (Å²) in [5.74, 6) is 1.19. The minimum atomic E-state index is 0.257. The third-order valence-corrected chi connectivity index (χ3v) is 3.48. The maximum absolute atomic E-state index is 5.75. The van der Waals surface area contributed by atoms with Crippen LogP contribution in [0.25, 0.3) is 0 Å². The molecule has 4 nitrogen and oxygen atoms in total. The fraction of sp³-hybridized carbons (Fsp3) is 0.750. The number of nitrogens with two attached hydrogens (primary N) is 1. The van der Waals surface area contributed by atoms with Gasteiger partial charge in [-0.3, -0.25) is 4.90 Å². The topological polar surface area (TPSA) is 47.1 Å². The van der Waals surface area contributed by atoms with E-state index in [4.69, 9.17) is 5.73 Å². The Bertz CT molecular complexity index is 343. The fourth-order valence-electron chi connectivity index (χ4n) is 1.98. The Morgan fingerprint density at radius 1 is 1.44 bits per heavy atom. The summed E-state index contributed by atoms with van der Waals surface area (Å²) >= 11 is 0. The molecular formula is C12H22N4. The molecule has 0 radical (unpaired) electrons. The van der Waals surface area contributed by atoms with Crippen LogP contribution >= 0.6 is 0 Å². The predicted octanol–water partition coefficient (Wildman–Crippen LogP) is 1.07. The van der Waals surface area contributed by atoms with Crippen molar-refractivity contribution in [2.75, 3.05) is 19.6 Å². The molecular weight excluding hydrogens is 200 g/mol. The van der Waals surface area contributed by atoms with Crippen molar-refractivity contribution in [1.29, 1.82) is 0 Å². The largest absolute Gasteiger partial charge is 0.333 e. The molecule has 0 amide bonds. The van der Waals surface area contributed by atoms with Gasteiger partial charge in [0, 0.05) is 25.5 Å². The second-order valence-corrected chi connectivity index (χ2v) is 5.43. The van der Waals surface area contributed by atoms with Crippen LogP contribution in [0.15, 0.2) is 12.4 Å². The molecule has 1 aromatic heterocycles. The Kier molecular flexibility index (Phi) is 3.30. The van der Waals surface area contributed by atoms with Crippen LogP contribution in [0.5, 0.6) is 0 Å². The third-order valence-electron chi connectivity index (χ3n) is 3.48. The van der Waals surface area contributed by atoms with E-state index < -0.39 is 0 Å². The molecule has 2 heterocycles. The zero-order chi connectivity index (χ0) is 11.6. The summed E-state index contributed by atoms with van der Waals surface area (Å²) in [7, 11) is 0. The van der Waals surface area contributed by atoms with Crippen LogP contribution in [0.2, 0.25) is 0 Å². The molecule has 0 saturated carbocycles. The van der Waals surface area contributed by atoms with Gasteiger partial charge in [-0.25, -0.2) is 4.98 Å². The third kappa shape index (κ3) is 2.62. The summed E-state index contributed by atoms with van der Waals surface area (Å²) in [6.45, 7) is 9.53. The molecule has 0 saturated heterocycles. The van der Waals surface area contributed by atoms with E-state index in [1.54, 1.807) is 0 Å². The maximum Gasteiger partial charge on any atom is 0.122 e. The van der Waals surface area contributed by atoms with Gasteiger partial charge in [-0.05, 0) is 24.9 Å². The van der Waals surface area contributed by atoms with E-state index in [2.05, 4.69) is 34.5 Å². The van der Waals surface area contributed by atoms with Crippen molar-refractivity contribution in [2.24, 2.45) is 11.1 Å². The Hall–Kier alpha value is -0.870. The summed E-state index contributed by atoms with van der Waals surface area (Å²) in [6, 6.07) is 0. The first-order valence-corrected chi connectivity index (χ1v) is 6.03. The van der Waals surface area contributed by atoms with E-state index in [9.17, 15) is 0 Å². The van der Waals surface area contributed by atoms with E-state index in [-0.39, 0.29) is 5.41 Å². The zero-order valence-electron chi connectivity index (χ0n) is 10.3. The minimum Gasteiger partial charge on any atom is -0.333 e. The highest BCUT2D eigenvalue weighted by Crippen LogP contribution is 2.20. The normalized spacial score (nSPS) is 17.4. The van der Waals surface area contributed by atoms with Crippen LogP contribution in [0, 0.1) is 5.41 Å². The summed E-state index contributed by atoms with van der Waals surface area (Å²) in [6.07, 6.45) is 5.11. The Morgan fingerprint density at radius 2 is 2.25 bits per heavy atom. The van der Waals surface area contributed by atoms with Crippen LogP contribution in [0.4, 0.5) is 0 Å². The Labute approximate surface area is 97.4 Å². The first kappa shape index (κ1) is 11.6. The van der Waals surface area contributed by atoms with Gasteiger partial charge in [-0.1, -0.05) is 13.8 Å². The molecule has 0 unspecified atom stereocenters. The van der Waals surface area contributed by atoms with Gasteiger partial charge in [0.1, 0.15) is 5.82 Å². The van der Waals surface area contributed by atoms with Gasteiger partial charge < -0.3 is 10.3 Å². The molecule has 90 valence electrons. The Balaban J connectivity index is 1.86. The van der Waals surface area contributed by atoms with Crippen molar-refractivity contribution in [3.8, 4) is 0 Å². The van der Waals surface area contributed by atoms with E-state index in [1.165, 1.54) is 5.82 Å². The first-order valence-electron chi connectivity index (χ1n) is 6.03. The van der Waals surface area contributed by atoms with Crippen molar-refractivity contribution >= 4 is 0 Å². The van der Waals surface area contributed by atoms with Gasteiger partial charge in [0.15, 0.2) is 0 Å². The maximum atomic E-state index is 5.75. The van der Waals surface area contributed by atoms with Crippen molar-refractivity contribution in [3.05, 3.63) is 18.2 Å². The average molecular weight is 222 g/mol. The predicted molar refractivity (Wildman–Crippen MR) is 65.0 cm³/mol. The second kappa shape index (κ2) is 4.55. The zero-order valence-corrected chi connectivity index (χ0v) is 10.3. The fourth-order valence-corrected chi connectivity index (χ4v) is 1.98. The molecule has 0 fully saturated rings. The van der Waals surface area contributed by atoms with Gasteiger partial charge in [-0.2, -0.15) is 0 Å². The number of fused-ring (bicyclic) bond motifs is 1. The molecule has 1 aliphatic rings. The highest BCUT2D eigenvalue weighted by Gasteiger charge is 2.20. The first-order chi connectivity index (χ1) is 7.61.